The van der Waals surface area contributed by atoms with Gasteiger partial charge in [-0.3, -0.25) is 4.79 Å². The van der Waals surface area contributed by atoms with E-state index in [-0.39, 0.29) is 11.7 Å². The van der Waals surface area contributed by atoms with Gasteiger partial charge in [0.2, 0.25) is 5.91 Å². The van der Waals surface area contributed by atoms with E-state index in [1.165, 1.54) is 12.1 Å². The molecule has 0 saturated carbocycles. The average Bonchev–Trinajstić information content (AvgIpc) is 3.00. The molecular formula is C19H28FN3O3. The Labute approximate surface area is 154 Å². The predicted molar refractivity (Wildman–Crippen MR) is 98.6 cm³/mol. The van der Waals surface area contributed by atoms with Gasteiger partial charge in [0, 0.05) is 25.3 Å². The van der Waals surface area contributed by atoms with Gasteiger partial charge in [-0.25, -0.2) is 9.18 Å². The smallest absolute Gasteiger partial charge is 0.408 e. The first-order chi connectivity index (χ1) is 12.1. The zero-order chi connectivity index (χ0) is 19.3. The zero-order valence-electron chi connectivity index (χ0n) is 15.8. The van der Waals surface area contributed by atoms with Gasteiger partial charge in [0.05, 0.1) is 0 Å². The van der Waals surface area contributed by atoms with E-state index in [0.29, 0.717) is 12.5 Å². The largest absolute Gasteiger partial charge is 0.444 e. The number of carbonyl (C=O) groups excluding carboxylic acids is 2. The minimum absolute atomic E-state index is 0.240. The zero-order valence-corrected chi connectivity index (χ0v) is 15.8. The van der Waals surface area contributed by atoms with Crippen LogP contribution in [0.5, 0.6) is 0 Å². The Morgan fingerprint density at radius 2 is 1.96 bits per heavy atom. The molecule has 2 unspecified atom stereocenters. The first kappa shape index (κ1) is 20.0. The third kappa shape index (κ3) is 6.20. The van der Waals surface area contributed by atoms with E-state index in [2.05, 4.69) is 15.5 Å². The molecule has 0 aromatic heterocycles. The Morgan fingerprint density at radius 1 is 1.31 bits per heavy atom. The lowest BCUT2D eigenvalue weighted by molar-refractivity contribution is -0.122. The quantitative estimate of drug-likeness (QED) is 0.842. The highest BCUT2D eigenvalue weighted by atomic mass is 19.1. The molecule has 2 rings (SSSR count). The number of amides is 2. The second kappa shape index (κ2) is 8.38. The summed E-state index contributed by atoms with van der Waals surface area (Å²) in [6.45, 7) is 9.14. The van der Waals surface area contributed by atoms with E-state index < -0.39 is 17.7 Å². The van der Waals surface area contributed by atoms with E-state index in [1.807, 2.05) is 0 Å². The number of halogens is 1. The lowest BCUT2D eigenvalue weighted by atomic mass is 10.1. The number of anilines is 1. The number of carbonyl (C=O) groups is 2. The highest BCUT2D eigenvalue weighted by molar-refractivity contribution is 5.85. The highest BCUT2D eigenvalue weighted by Gasteiger charge is 2.25. The molecule has 0 aliphatic carbocycles. The average molecular weight is 365 g/mol. The molecule has 7 heteroatoms. The SMILES string of the molecule is CC(NC(=O)OC(C)(C)C)C(=O)NCC1CCN(c2ccc(F)cc2)C1. The number of nitrogens with zero attached hydrogens (tertiary/aromatic N) is 1. The number of alkyl carbamates (subject to hydrolysis) is 1. The highest BCUT2D eigenvalue weighted by Crippen LogP contribution is 2.23. The maximum Gasteiger partial charge on any atom is 0.408 e. The number of rotatable bonds is 5. The summed E-state index contributed by atoms with van der Waals surface area (Å²) in [4.78, 5) is 26.0. The summed E-state index contributed by atoms with van der Waals surface area (Å²) in [5.41, 5.74) is 0.383. The minimum Gasteiger partial charge on any atom is -0.444 e. The van der Waals surface area contributed by atoms with E-state index in [4.69, 9.17) is 4.74 Å². The first-order valence-electron chi connectivity index (χ1n) is 8.92. The van der Waals surface area contributed by atoms with Crippen molar-refractivity contribution in [2.75, 3.05) is 24.5 Å². The van der Waals surface area contributed by atoms with E-state index in [0.717, 1.165) is 25.2 Å². The summed E-state index contributed by atoms with van der Waals surface area (Å²) in [6.07, 6.45) is 0.342. The van der Waals surface area contributed by atoms with Gasteiger partial charge in [-0.05, 0) is 64.3 Å². The van der Waals surface area contributed by atoms with Crippen molar-refractivity contribution in [1.82, 2.24) is 10.6 Å². The molecule has 1 aromatic carbocycles. The topological polar surface area (TPSA) is 70.7 Å². The van der Waals surface area contributed by atoms with Crippen molar-refractivity contribution in [1.29, 1.82) is 0 Å². The molecule has 1 aromatic rings. The van der Waals surface area contributed by atoms with Crippen molar-refractivity contribution in [3.63, 3.8) is 0 Å². The standard InChI is InChI=1S/C19H28FN3O3/c1-13(22-18(25)26-19(2,3)4)17(24)21-11-14-9-10-23(12-14)16-7-5-15(20)6-8-16/h5-8,13-14H,9-12H2,1-4H3,(H,21,24)(H,22,25). The van der Waals surface area contributed by atoms with Crippen molar-refractivity contribution in [3.8, 4) is 0 Å². The normalized spacial score (nSPS) is 18.3. The van der Waals surface area contributed by atoms with Gasteiger partial charge < -0.3 is 20.3 Å². The Bertz CT molecular complexity index is 628. The van der Waals surface area contributed by atoms with Gasteiger partial charge in [0.15, 0.2) is 0 Å². The van der Waals surface area contributed by atoms with Crippen LogP contribution in [0.1, 0.15) is 34.1 Å². The second-order valence-electron chi connectivity index (χ2n) is 7.69. The second-order valence-corrected chi connectivity index (χ2v) is 7.69. The van der Waals surface area contributed by atoms with Gasteiger partial charge in [0.25, 0.3) is 0 Å². The lowest BCUT2D eigenvalue weighted by Crippen LogP contribution is -2.47. The lowest BCUT2D eigenvalue weighted by Gasteiger charge is -2.22. The third-order valence-corrected chi connectivity index (χ3v) is 4.17. The van der Waals surface area contributed by atoms with Crippen molar-refractivity contribution in [3.05, 3.63) is 30.1 Å². The number of ether oxygens (including phenoxy) is 1. The molecule has 26 heavy (non-hydrogen) atoms. The van der Waals surface area contributed by atoms with Gasteiger partial charge in [0.1, 0.15) is 17.5 Å². The van der Waals surface area contributed by atoms with Crippen LogP contribution in [0.25, 0.3) is 0 Å². The van der Waals surface area contributed by atoms with E-state index in [9.17, 15) is 14.0 Å². The molecule has 144 valence electrons. The molecule has 2 atom stereocenters. The molecule has 6 nitrogen and oxygen atoms in total. The summed E-state index contributed by atoms with van der Waals surface area (Å²) in [7, 11) is 0. The fraction of sp³-hybridized carbons (Fsp3) is 0.579. The van der Waals surface area contributed by atoms with Gasteiger partial charge in [-0.2, -0.15) is 0 Å². The summed E-state index contributed by atoms with van der Waals surface area (Å²) >= 11 is 0. The summed E-state index contributed by atoms with van der Waals surface area (Å²) in [5.74, 6) is -0.169. The molecular weight excluding hydrogens is 337 g/mol. The fourth-order valence-corrected chi connectivity index (χ4v) is 2.83. The Hall–Kier alpha value is -2.31. The Balaban J connectivity index is 1.74. The third-order valence-electron chi connectivity index (χ3n) is 4.17. The maximum absolute atomic E-state index is 13.0. The van der Waals surface area contributed by atoms with Crippen LogP contribution in [-0.2, 0) is 9.53 Å². The van der Waals surface area contributed by atoms with E-state index in [1.54, 1.807) is 39.8 Å². The van der Waals surface area contributed by atoms with Crippen LogP contribution in [0.2, 0.25) is 0 Å². The van der Waals surface area contributed by atoms with Crippen molar-refractivity contribution in [2.45, 2.75) is 45.8 Å². The van der Waals surface area contributed by atoms with Crippen LogP contribution < -0.4 is 15.5 Å². The Morgan fingerprint density at radius 3 is 2.58 bits per heavy atom. The minimum atomic E-state index is -0.667. The van der Waals surface area contributed by atoms with Crippen LogP contribution >= 0.6 is 0 Å². The molecule has 0 radical (unpaired) electrons. The van der Waals surface area contributed by atoms with Gasteiger partial charge in [-0.15, -0.1) is 0 Å². The maximum atomic E-state index is 13.0. The molecule has 0 spiro atoms. The number of nitrogens with one attached hydrogen (secondary N) is 2. The molecule has 1 saturated heterocycles. The van der Waals surface area contributed by atoms with Crippen molar-refractivity contribution < 1.29 is 18.7 Å². The molecule has 2 N–H and O–H groups in total. The molecule has 1 fully saturated rings. The van der Waals surface area contributed by atoms with Gasteiger partial charge >= 0.3 is 6.09 Å². The van der Waals surface area contributed by atoms with E-state index >= 15 is 0 Å². The van der Waals surface area contributed by atoms with Crippen LogP contribution in [0.3, 0.4) is 0 Å². The van der Waals surface area contributed by atoms with Crippen LogP contribution in [0.4, 0.5) is 14.9 Å². The number of hydrogen-bond acceptors (Lipinski definition) is 4. The summed E-state index contributed by atoms with van der Waals surface area (Å²) in [6, 6.07) is 5.77. The first-order valence-corrected chi connectivity index (χ1v) is 8.92. The summed E-state index contributed by atoms with van der Waals surface area (Å²) in [5, 5.41) is 5.41. The van der Waals surface area contributed by atoms with Crippen molar-refractivity contribution >= 4 is 17.7 Å². The monoisotopic (exact) mass is 365 g/mol. The predicted octanol–water partition coefficient (Wildman–Crippen LogP) is 2.68. The van der Waals surface area contributed by atoms with Crippen LogP contribution in [0.15, 0.2) is 24.3 Å². The number of benzene rings is 1. The molecule has 0 bridgehead atoms. The van der Waals surface area contributed by atoms with Crippen molar-refractivity contribution in [2.24, 2.45) is 5.92 Å². The van der Waals surface area contributed by atoms with Gasteiger partial charge in [-0.1, -0.05) is 0 Å². The fourth-order valence-electron chi connectivity index (χ4n) is 2.83. The molecule has 1 heterocycles. The molecule has 2 amide bonds. The molecule has 1 aliphatic heterocycles. The van der Waals surface area contributed by atoms with Crippen LogP contribution in [-0.4, -0.2) is 43.3 Å². The summed E-state index contributed by atoms with van der Waals surface area (Å²) < 4.78 is 18.2. The van der Waals surface area contributed by atoms with Crippen LogP contribution in [0, 0.1) is 11.7 Å². The molecule has 1 aliphatic rings. The number of hydrogen-bond donors (Lipinski definition) is 2. The Kier molecular flexibility index (Phi) is 6.45.